The number of carbonyl (C=O) groups is 2. The molecule has 1 aliphatic heterocycles. The van der Waals surface area contributed by atoms with Crippen molar-refractivity contribution < 1.29 is 27.5 Å². The van der Waals surface area contributed by atoms with E-state index < -0.39 is 29.4 Å². The Morgan fingerprint density at radius 3 is 2.62 bits per heavy atom. The van der Waals surface area contributed by atoms with Crippen LogP contribution in [0.15, 0.2) is 36.4 Å². The number of alkyl halides is 3. The van der Waals surface area contributed by atoms with Gasteiger partial charge in [0.05, 0.1) is 18.0 Å². The highest BCUT2D eigenvalue weighted by Crippen LogP contribution is 2.35. The van der Waals surface area contributed by atoms with Crippen molar-refractivity contribution in [2.45, 2.75) is 77.1 Å². The van der Waals surface area contributed by atoms with Crippen LogP contribution in [0.2, 0.25) is 0 Å². The van der Waals surface area contributed by atoms with Gasteiger partial charge in [-0.05, 0) is 82.2 Å². The van der Waals surface area contributed by atoms with Crippen LogP contribution in [-0.2, 0) is 35.0 Å². The van der Waals surface area contributed by atoms with Crippen LogP contribution in [0.5, 0.6) is 0 Å². The zero-order chi connectivity index (χ0) is 26.8. The Morgan fingerprint density at radius 2 is 1.89 bits per heavy atom. The van der Waals surface area contributed by atoms with E-state index in [1.54, 1.807) is 25.7 Å². The van der Waals surface area contributed by atoms with Crippen molar-refractivity contribution >= 4 is 12.0 Å². The average Bonchev–Trinajstić information content (AvgIpc) is 3.42. The lowest BCUT2D eigenvalue weighted by Gasteiger charge is -2.29. The van der Waals surface area contributed by atoms with Gasteiger partial charge in [0.25, 0.3) is 0 Å². The van der Waals surface area contributed by atoms with Crippen molar-refractivity contribution in [3.05, 3.63) is 64.5 Å². The van der Waals surface area contributed by atoms with Crippen molar-refractivity contribution in [2.75, 3.05) is 19.6 Å². The predicted molar refractivity (Wildman–Crippen MR) is 133 cm³/mol. The summed E-state index contributed by atoms with van der Waals surface area (Å²) in [7, 11) is 0. The molecule has 1 atom stereocenters. The van der Waals surface area contributed by atoms with Crippen molar-refractivity contribution in [3.63, 3.8) is 0 Å². The molecule has 9 heteroatoms. The van der Waals surface area contributed by atoms with Gasteiger partial charge in [0.15, 0.2) is 0 Å². The van der Waals surface area contributed by atoms with Gasteiger partial charge in [-0.2, -0.15) is 13.2 Å². The molecule has 2 aliphatic rings. The minimum Gasteiger partial charge on any atom is -0.460 e. The first-order valence-electron chi connectivity index (χ1n) is 12.8. The Morgan fingerprint density at radius 1 is 1.11 bits per heavy atom. The summed E-state index contributed by atoms with van der Waals surface area (Å²) in [6.07, 6.45) is -0.0529. The fourth-order valence-electron chi connectivity index (χ4n) is 5.03. The van der Waals surface area contributed by atoms with E-state index >= 15 is 0 Å². The SMILES string of the molecule is CC(C)(C)OC(=O)CC(c1cccc(C(F)(F)F)c1)N1CCN(CCCc2ccc3c(n2)CCC3)C1=O. The number of nitrogens with zero attached hydrogens (tertiary/aromatic N) is 3. The molecule has 1 fully saturated rings. The quantitative estimate of drug-likeness (QED) is 0.420. The lowest BCUT2D eigenvalue weighted by atomic mass is 9.99. The molecule has 1 aromatic heterocycles. The van der Waals surface area contributed by atoms with Gasteiger partial charge in [-0.1, -0.05) is 18.2 Å². The molecule has 200 valence electrons. The summed E-state index contributed by atoms with van der Waals surface area (Å²) in [4.78, 5) is 33.9. The average molecular weight is 518 g/mol. The Balaban J connectivity index is 1.45. The molecular formula is C28H34F3N3O3. The van der Waals surface area contributed by atoms with Crippen LogP contribution in [0.25, 0.3) is 0 Å². The van der Waals surface area contributed by atoms with Crippen molar-refractivity contribution in [1.82, 2.24) is 14.8 Å². The number of esters is 1. The van der Waals surface area contributed by atoms with Crippen molar-refractivity contribution in [1.29, 1.82) is 0 Å². The monoisotopic (exact) mass is 517 g/mol. The molecule has 1 aromatic carbocycles. The van der Waals surface area contributed by atoms with Crippen molar-refractivity contribution in [3.8, 4) is 0 Å². The second kappa shape index (κ2) is 10.7. The van der Waals surface area contributed by atoms with Gasteiger partial charge in [0.2, 0.25) is 0 Å². The summed E-state index contributed by atoms with van der Waals surface area (Å²) in [6, 6.07) is 7.89. The van der Waals surface area contributed by atoms with Crippen LogP contribution in [0, 0.1) is 0 Å². The molecule has 0 saturated carbocycles. The molecule has 0 bridgehead atoms. The number of hydrogen-bond donors (Lipinski definition) is 0. The molecule has 0 radical (unpaired) electrons. The van der Waals surface area contributed by atoms with Crippen LogP contribution in [0.4, 0.5) is 18.0 Å². The first-order chi connectivity index (χ1) is 17.4. The Kier molecular flexibility index (Phi) is 7.80. The maximum atomic E-state index is 13.4. The lowest BCUT2D eigenvalue weighted by molar-refractivity contribution is -0.156. The number of carbonyl (C=O) groups excluding carboxylic acids is 2. The third-order valence-electron chi connectivity index (χ3n) is 6.73. The Bertz CT molecular complexity index is 1140. The van der Waals surface area contributed by atoms with E-state index in [1.165, 1.54) is 28.3 Å². The normalized spacial score (nSPS) is 16.8. The van der Waals surface area contributed by atoms with Gasteiger partial charge >= 0.3 is 18.2 Å². The number of rotatable bonds is 8. The van der Waals surface area contributed by atoms with Crippen LogP contribution >= 0.6 is 0 Å². The first kappa shape index (κ1) is 26.9. The minimum absolute atomic E-state index is 0.225. The standard InChI is InChI=1S/C28H34F3N3O3/c1-27(2,3)37-25(35)18-24(20-8-4-9-21(17-20)28(29,30)31)34-16-15-33(26(34)36)14-6-10-22-13-12-19-7-5-11-23(19)32-22/h4,8-9,12-13,17,24H,5-7,10-11,14-16,18H2,1-3H3. The zero-order valence-corrected chi connectivity index (χ0v) is 21.6. The number of fused-ring (bicyclic) bond motifs is 1. The van der Waals surface area contributed by atoms with Crippen LogP contribution < -0.4 is 0 Å². The molecule has 2 heterocycles. The van der Waals surface area contributed by atoms with Gasteiger partial charge in [0, 0.05) is 31.0 Å². The molecular weight excluding hydrogens is 483 g/mol. The lowest BCUT2D eigenvalue weighted by Crippen LogP contribution is -2.37. The van der Waals surface area contributed by atoms with E-state index in [4.69, 9.17) is 9.72 Å². The molecule has 2 amide bonds. The van der Waals surface area contributed by atoms with E-state index in [-0.39, 0.29) is 18.0 Å². The third-order valence-corrected chi connectivity index (χ3v) is 6.73. The first-order valence-corrected chi connectivity index (χ1v) is 12.8. The summed E-state index contributed by atoms with van der Waals surface area (Å²) < 4.78 is 45.6. The second-order valence-corrected chi connectivity index (χ2v) is 10.8. The molecule has 37 heavy (non-hydrogen) atoms. The summed E-state index contributed by atoms with van der Waals surface area (Å²) in [5, 5.41) is 0. The smallest absolute Gasteiger partial charge is 0.416 e. The number of aryl methyl sites for hydroxylation is 3. The van der Waals surface area contributed by atoms with Crippen LogP contribution in [0.3, 0.4) is 0 Å². The molecule has 1 unspecified atom stereocenters. The molecule has 0 N–H and O–H groups in total. The minimum atomic E-state index is -4.53. The maximum absolute atomic E-state index is 13.4. The van der Waals surface area contributed by atoms with Crippen molar-refractivity contribution in [2.24, 2.45) is 0 Å². The fourth-order valence-corrected chi connectivity index (χ4v) is 5.03. The highest BCUT2D eigenvalue weighted by molar-refractivity contribution is 5.79. The molecule has 1 aliphatic carbocycles. The predicted octanol–water partition coefficient (Wildman–Crippen LogP) is 5.73. The van der Waals surface area contributed by atoms with E-state index in [9.17, 15) is 22.8 Å². The van der Waals surface area contributed by atoms with Gasteiger partial charge in [0.1, 0.15) is 5.60 Å². The number of ether oxygens (including phenoxy) is 1. The summed E-state index contributed by atoms with van der Waals surface area (Å²) >= 11 is 0. The van der Waals surface area contributed by atoms with Gasteiger partial charge in [-0.25, -0.2) is 4.79 Å². The number of urea groups is 1. The van der Waals surface area contributed by atoms with Gasteiger partial charge in [-0.15, -0.1) is 0 Å². The highest BCUT2D eigenvalue weighted by Gasteiger charge is 2.38. The summed E-state index contributed by atoms with van der Waals surface area (Å²) in [5.41, 5.74) is 2.20. The van der Waals surface area contributed by atoms with E-state index in [1.807, 2.05) is 6.07 Å². The summed E-state index contributed by atoms with van der Waals surface area (Å²) in [6.45, 7) is 6.45. The molecule has 4 rings (SSSR count). The number of aromatic nitrogens is 1. The fraction of sp³-hybridized carbons (Fsp3) is 0.536. The third kappa shape index (κ3) is 6.81. The van der Waals surface area contributed by atoms with Gasteiger partial charge < -0.3 is 14.5 Å². The molecule has 2 aromatic rings. The molecule has 6 nitrogen and oxygen atoms in total. The van der Waals surface area contributed by atoms with Gasteiger partial charge in [-0.3, -0.25) is 9.78 Å². The number of halogens is 3. The topological polar surface area (TPSA) is 62.7 Å². The van der Waals surface area contributed by atoms with E-state index in [0.717, 1.165) is 49.9 Å². The largest absolute Gasteiger partial charge is 0.460 e. The highest BCUT2D eigenvalue weighted by atomic mass is 19.4. The number of amides is 2. The number of pyridine rings is 1. The Labute approximate surface area is 215 Å². The molecule has 0 spiro atoms. The van der Waals surface area contributed by atoms with Crippen LogP contribution in [-0.4, -0.2) is 52.0 Å². The molecule has 1 saturated heterocycles. The number of benzene rings is 1. The maximum Gasteiger partial charge on any atom is 0.416 e. The summed E-state index contributed by atoms with van der Waals surface area (Å²) in [5.74, 6) is -0.566. The van der Waals surface area contributed by atoms with Crippen LogP contribution in [0.1, 0.15) is 74.2 Å². The number of hydrogen-bond acceptors (Lipinski definition) is 4. The Hall–Kier alpha value is -3.10. The second-order valence-electron chi connectivity index (χ2n) is 10.8. The van der Waals surface area contributed by atoms with E-state index in [0.29, 0.717) is 19.6 Å². The van der Waals surface area contributed by atoms with E-state index in [2.05, 4.69) is 6.07 Å². The zero-order valence-electron chi connectivity index (χ0n) is 21.6.